The summed E-state index contributed by atoms with van der Waals surface area (Å²) in [5, 5.41) is 11.9. The minimum atomic E-state index is -0.350. The van der Waals surface area contributed by atoms with Gasteiger partial charge in [-0.1, -0.05) is 44.9 Å². The van der Waals surface area contributed by atoms with Crippen LogP contribution in [-0.2, 0) is 11.3 Å². The van der Waals surface area contributed by atoms with Crippen molar-refractivity contribution in [2.45, 2.75) is 90.9 Å². The van der Waals surface area contributed by atoms with Gasteiger partial charge in [-0.3, -0.25) is 9.48 Å². The largest absolute Gasteiger partial charge is 0.426 e. The molecule has 2 unspecified atom stereocenters. The molecule has 0 amide bonds. The molecule has 9 nitrogen and oxygen atoms in total. The molecule has 0 saturated heterocycles. The molecule has 0 radical (unpaired) electrons. The van der Waals surface area contributed by atoms with Crippen LogP contribution in [0.2, 0.25) is 0 Å². The number of carbonyl (C=O) groups excluding carboxylic acids is 1. The molecular formula is C26H37N7O2. The van der Waals surface area contributed by atoms with Gasteiger partial charge in [0.05, 0.1) is 5.69 Å². The molecule has 1 fully saturated rings. The average molecular weight is 480 g/mol. The number of esters is 1. The van der Waals surface area contributed by atoms with Gasteiger partial charge >= 0.3 is 5.97 Å². The third-order valence-electron chi connectivity index (χ3n) is 6.41. The van der Waals surface area contributed by atoms with E-state index in [1.165, 1.54) is 6.92 Å². The molecule has 0 bridgehead atoms. The van der Waals surface area contributed by atoms with Crippen molar-refractivity contribution in [1.29, 1.82) is 0 Å². The van der Waals surface area contributed by atoms with Gasteiger partial charge in [0.1, 0.15) is 16.8 Å². The SMILES string of the molecule is CC(=O)Oc1ccccc1CNc1nc(NC2CCCCC2N)nc2c(C(C)C)nn(C(C)C)c12. The summed E-state index contributed by atoms with van der Waals surface area (Å²) in [6.45, 7) is 10.3. The van der Waals surface area contributed by atoms with Gasteiger partial charge in [-0.25, -0.2) is 4.98 Å². The monoisotopic (exact) mass is 479 g/mol. The Labute approximate surface area is 206 Å². The van der Waals surface area contributed by atoms with Gasteiger partial charge in [-0.15, -0.1) is 0 Å². The van der Waals surface area contributed by atoms with E-state index in [4.69, 9.17) is 25.5 Å². The molecule has 1 aromatic carbocycles. The molecule has 9 heteroatoms. The van der Waals surface area contributed by atoms with Gasteiger partial charge in [-0.05, 0) is 38.7 Å². The Hall–Kier alpha value is -3.20. The topological polar surface area (TPSA) is 120 Å². The number of rotatable bonds is 8. The molecule has 35 heavy (non-hydrogen) atoms. The van der Waals surface area contributed by atoms with Crippen LogP contribution in [0.15, 0.2) is 24.3 Å². The quantitative estimate of drug-likeness (QED) is 0.313. The van der Waals surface area contributed by atoms with E-state index < -0.39 is 0 Å². The van der Waals surface area contributed by atoms with Crippen LogP contribution >= 0.6 is 0 Å². The minimum Gasteiger partial charge on any atom is -0.426 e. The number of hydrogen-bond donors (Lipinski definition) is 3. The number of hydrogen-bond acceptors (Lipinski definition) is 8. The van der Waals surface area contributed by atoms with E-state index in [1.807, 2.05) is 22.9 Å². The number of aromatic nitrogens is 4. The van der Waals surface area contributed by atoms with E-state index in [2.05, 4.69) is 38.3 Å². The Kier molecular flexibility index (Phi) is 7.54. The lowest BCUT2D eigenvalue weighted by Crippen LogP contribution is -2.43. The molecule has 1 saturated carbocycles. The zero-order valence-electron chi connectivity index (χ0n) is 21.3. The zero-order valence-corrected chi connectivity index (χ0v) is 21.3. The fourth-order valence-electron chi connectivity index (χ4n) is 4.60. The van der Waals surface area contributed by atoms with Crippen molar-refractivity contribution in [3.8, 4) is 5.75 Å². The summed E-state index contributed by atoms with van der Waals surface area (Å²) in [7, 11) is 0. The lowest BCUT2D eigenvalue weighted by atomic mass is 9.91. The van der Waals surface area contributed by atoms with E-state index in [1.54, 1.807) is 6.07 Å². The van der Waals surface area contributed by atoms with Crippen molar-refractivity contribution >= 4 is 28.8 Å². The van der Waals surface area contributed by atoms with Crippen LogP contribution in [0, 0.1) is 0 Å². The van der Waals surface area contributed by atoms with Gasteiger partial charge in [0.25, 0.3) is 0 Å². The number of nitrogens with one attached hydrogen (secondary N) is 2. The number of fused-ring (bicyclic) bond motifs is 1. The first-order chi connectivity index (χ1) is 16.7. The smallest absolute Gasteiger partial charge is 0.308 e. The van der Waals surface area contributed by atoms with E-state index in [-0.39, 0.29) is 30.0 Å². The number of nitrogens with zero attached hydrogens (tertiary/aromatic N) is 4. The molecule has 4 rings (SSSR count). The van der Waals surface area contributed by atoms with E-state index >= 15 is 0 Å². The molecule has 2 heterocycles. The molecule has 2 aromatic heterocycles. The standard InChI is InChI=1S/C26H37N7O2/c1-15(2)22-23-24(33(32-22)16(3)4)25(28-14-18-10-6-9-13-21(18)35-17(5)34)31-26(30-23)29-20-12-8-7-11-19(20)27/h6,9-10,13,15-16,19-20H,7-8,11-12,14,27H2,1-5H3,(H2,28,29,30,31). The highest BCUT2D eigenvalue weighted by Gasteiger charge is 2.25. The number of nitrogens with two attached hydrogens (primary N) is 1. The van der Waals surface area contributed by atoms with Crippen LogP contribution in [0.5, 0.6) is 5.75 Å². The van der Waals surface area contributed by atoms with Crippen molar-refractivity contribution in [3.05, 3.63) is 35.5 Å². The summed E-state index contributed by atoms with van der Waals surface area (Å²) >= 11 is 0. The summed E-state index contributed by atoms with van der Waals surface area (Å²) in [6, 6.07) is 7.85. The fraction of sp³-hybridized carbons (Fsp3) is 0.538. The van der Waals surface area contributed by atoms with Crippen LogP contribution in [-0.4, -0.2) is 37.8 Å². The lowest BCUT2D eigenvalue weighted by Gasteiger charge is -2.29. The first-order valence-electron chi connectivity index (χ1n) is 12.6. The molecule has 0 spiro atoms. The predicted octanol–water partition coefficient (Wildman–Crippen LogP) is 4.75. The molecular weight excluding hydrogens is 442 g/mol. The number of anilines is 2. The second kappa shape index (κ2) is 10.6. The van der Waals surface area contributed by atoms with E-state index in [9.17, 15) is 4.79 Å². The van der Waals surface area contributed by atoms with Crippen LogP contribution in [0.3, 0.4) is 0 Å². The van der Waals surface area contributed by atoms with E-state index in [0.29, 0.717) is 24.1 Å². The Morgan fingerprint density at radius 1 is 1.17 bits per heavy atom. The highest BCUT2D eigenvalue weighted by Crippen LogP contribution is 2.32. The lowest BCUT2D eigenvalue weighted by molar-refractivity contribution is -0.131. The summed E-state index contributed by atoms with van der Waals surface area (Å²) in [4.78, 5) is 21.4. The maximum atomic E-state index is 11.6. The average Bonchev–Trinajstić information content (AvgIpc) is 3.20. The summed E-state index contributed by atoms with van der Waals surface area (Å²) in [5.41, 5.74) is 9.91. The van der Waals surface area contributed by atoms with Gasteiger partial charge in [-0.2, -0.15) is 10.1 Å². The van der Waals surface area contributed by atoms with Gasteiger partial charge in [0, 0.05) is 37.2 Å². The minimum absolute atomic E-state index is 0.0815. The van der Waals surface area contributed by atoms with Crippen molar-refractivity contribution in [3.63, 3.8) is 0 Å². The third kappa shape index (κ3) is 5.56. The summed E-state index contributed by atoms with van der Waals surface area (Å²) in [6.07, 6.45) is 4.31. The third-order valence-corrected chi connectivity index (χ3v) is 6.41. The normalized spacial score (nSPS) is 18.3. The van der Waals surface area contributed by atoms with Crippen molar-refractivity contribution in [1.82, 2.24) is 19.7 Å². The highest BCUT2D eigenvalue weighted by molar-refractivity contribution is 5.89. The highest BCUT2D eigenvalue weighted by atomic mass is 16.5. The molecule has 1 aliphatic rings. The first-order valence-corrected chi connectivity index (χ1v) is 12.6. The second-order valence-corrected chi connectivity index (χ2v) is 9.93. The summed E-state index contributed by atoms with van der Waals surface area (Å²) < 4.78 is 7.39. The molecule has 188 valence electrons. The number of para-hydroxylation sites is 1. The molecule has 3 aromatic rings. The number of benzene rings is 1. The second-order valence-electron chi connectivity index (χ2n) is 9.93. The van der Waals surface area contributed by atoms with Gasteiger partial charge in [0.2, 0.25) is 5.95 Å². The molecule has 1 aliphatic carbocycles. The summed E-state index contributed by atoms with van der Waals surface area (Å²) in [5.74, 6) is 1.63. The number of carbonyl (C=O) groups is 1. The van der Waals surface area contributed by atoms with Crippen LogP contribution in [0.25, 0.3) is 11.0 Å². The predicted molar refractivity (Wildman–Crippen MR) is 139 cm³/mol. The molecule has 0 aliphatic heterocycles. The molecule has 4 N–H and O–H groups in total. The van der Waals surface area contributed by atoms with Crippen LogP contribution < -0.4 is 21.1 Å². The maximum Gasteiger partial charge on any atom is 0.308 e. The maximum absolute atomic E-state index is 11.6. The van der Waals surface area contributed by atoms with Gasteiger partial charge < -0.3 is 21.1 Å². The van der Waals surface area contributed by atoms with Crippen molar-refractivity contribution in [2.75, 3.05) is 10.6 Å². The zero-order chi connectivity index (χ0) is 25.1. The van der Waals surface area contributed by atoms with Gasteiger partial charge in [0.15, 0.2) is 5.82 Å². The van der Waals surface area contributed by atoms with Crippen LogP contribution in [0.4, 0.5) is 11.8 Å². The Bertz CT molecular complexity index is 1190. The van der Waals surface area contributed by atoms with Crippen molar-refractivity contribution < 1.29 is 9.53 Å². The Balaban J connectivity index is 1.76. The van der Waals surface area contributed by atoms with Crippen molar-refractivity contribution in [2.24, 2.45) is 5.73 Å². The Morgan fingerprint density at radius 3 is 2.60 bits per heavy atom. The molecule has 2 atom stereocenters. The van der Waals surface area contributed by atoms with E-state index in [0.717, 1.165) is 48.0 Å². The van der Waals surface area contributed by atoms with Crippen LogP contribution in [0.1, 0.15) is 83.5 Å². The Morgan fingerprint density at radius 2 is 1.91 bits per heavy atom. The first kappa shape index (κ1) is 24.9. The fourth-order valence-corrected chi connectivity index (χ4v) is 4.60. The number of ether oxygens (including phenoxy) is 1.